The van der Waals surface area contributed by atoms with E-state index in [-0.39, 0.29) is 0 Å². The molecule has 2 heterocycles. The third kappa shape index (κ3) is 2.99. The summed E-state index contributed by atoms with van der Waals surface area (Å²) in [7, 11) is 0. The molecule has 1 N–H and O–H groups in total. The zero-order valence-electron chi connectivity index (χ0n) is 11.4. The van der Waals surface area contributed by atoms with Crippen LogP contribution in [0.3, 0.4) is 0 Å². The Labute approximate surface area is 127 Å². The number of aryl methyl sites for hydroxylation is 1. The van der Waals surface area contributed by atoms with Gasteiger partial charge in [0.05, 0.1) is 5.69 Å². The van der Waals surface area contributed by atoms with E-state index in [0.29, 0.717) is 0 Å². The first-order valence-corrected chi connectivity index (χ1v) is 7.59. The minimum absolute atomic E-state index is 0.837. The van der Waals surface area contributed by atoms with E-state index in [2.05, 4.69) is 43.3 Å². The monoisotopic (exact) mass is 332 g/mol. The molecule has 1 fully saturated rings. The van der Waals surface area contributed by atoms with Crippen LogP contribution in [0.15, 0.2) is 34.8 Å². The van der Waals surface area contributed by atoms with Crippen molar-refractivity contribution in [2.45, 2.75) is 6.92 Å². The number of hydrogen-bond acceptors (Lipinski definition) is 4. The maximum atomic E-state index is 4.73. The van der Waals surface area contributed by atoms with Crippen LogP contribution in [-0.2, 0) is 0 Å². The van der Waals surface area contributed by atoms with Crippen LogP contribution in [0.2, 0.25) is 0 Å². The molecule has 1 aromatic carbocycles. The van der Waals surface area contributed by atoms with Gasteiger partial charge < -0.3 is 10.2 Å². The second-order valence-corrected chi connectivity index (χ2v) is 5.85. The van der Waals surface area contributed by atoms with E-state index < -0.39 is 0 Å². The SMILES string of the molecule is Cc1cc(-c2ccc(Br)cc2)nc(N2CCNCC2)n1. The fourth-order valence-electron chi connectivity index (χ4n) is 2.33. The van der Waals surface area contributed by atoms with Gasteiger partial charge in [-0.15, -0.1) is 0 Å². The highest BCUT2D eigenvalue weighted by Crippen LogP contribution is 2.22. The summed E-state index contributed by atoms with van der Waals surface area (Å²) in [5.74, 6) is 0.837. The first kappa shape index (κ1) is 13.5. The van der Waals surface area contributed by atoms with Crippen LogP contribution >= 0.6 is 15.9 Å². The van der Waals surface area contributed by atoms with Crippen LogP contribution in [0, 0.1) is 6.92 Å². The summed E-state index contributed by atoms with van der Waals surface area (Å²) in [5.41, 5.74) is 3.11. The molecule has 2 aromatic rings. The lowest BCUT2D eigenvalue weighted by Gasteiger charge is -2.27. The van der Waals surface area contributed by atoms with Crippen molar-refractivity contribution in [3.8, 4) is 11.3 Å². The molecular weight excluding hydrogens is 316 g/mol. The summed E-state index contributed by atoms with van der Waals surface area (Å²) in [5, 5.41) is 3.35. The Bertz CT molecular complexity index is 591. The molecule has 5 heteroatoms. The summed E-state index contributed by atoms with van der Waals surface area (Å²) in [6.07, 6.45) is 0. The summed E-state index contributed by atoms with van der Waals surface area (Å²) >= 11 is 3.46. The first-order valence-electron chi connectivity index (χ1n) is 6.80. The average Bonchev–Trinajstić information content (AvgIpc) is 2.48. The fourth-order valence-corrected chi connectivity index (χ4v) is 2.59. The number of piperazine rings is 1. The number of benzene rings is 1. The number of aromatic nitrogens is 2. The van der Waals surface area contributed by atoms with Crippen molar-refractivity contribution in [2.75, 3.05) is 31.1 Å². The van der Waals surface area contributed by atoms with Crippen LogP contribution in [0.25, 0.3) is 11.3 Å². The highest BCUT2D eigenvalue weighted by molar-refractivity contribution is 9.10. The maximum absolute atomic E-state index is 4.73. The number of anilines is 1. The first-order chi connectivity index (χ1) is 9.72. The highest BCUT2D eigenvalue weighted by Gasteiger charge is 2.14. The molecule has 1 aliphatic heterocycles. The smallest absolute Gasteiger partial charge is 0.226 e. The van der Waals surface area contributed by atoms with E-state index in [1.54, 1.807) is 0 Å². The number of nitrogens with zero attached hydrogens (tertiary/aromatic N) is 3. The molecule has 0 spiro atoms. The largest absolute Gasteiger partial charge is 0.338 e. The fraction of sp³-hybridized carbons (Fsp3) is 0.333. The summed E-state index contributed by atoms with van der Waals surface area (Å²) in [6.45, 7) is 5.93. The van der Waals surface area contributed by atoms with Gasteiger partial charge in [0.1, 0.15) is 0 Å². The Morgan fingerprint density at radius 2 is 1.80 bits per heavy atom. The lowest BCUT2D eigenvalue weighted by Crippen LogP contribution is -2.44. The van der Waals surface area contributed by atoms with Crippen molar-refractivity contribution in [1.82, 2.24) is 15.3 Å². The molecule has 0 unspecified atom stereocenters. The molecule has 1 aliphatic rings. The summed E-state index contributed by atoms with van der Waals surface area (Å²) in [6, 6.07) is 10.3. The molecule has 0 aliphatic carbocycles. The van der Waals surface area contributed by atoms with Crippen LogP contribution in [0.4, 0.5) is 5.95 Å². The quantitative estimate of drug-likeness (QED) is 0.917. The molecule has 0 bridgehead atoms. The van der Waals surface area contributed by atoms with Gasteiger partial charge in [0.25, 0.3) is 0 Å². The molecule has 1 aromatic heterocycles. The van der Waals surface area contributed by atoms with E-state index in [9.17, 15) is 0 Å². The van der Waals surface area contributed by atoms with Gasteiger partial charge in [0.2, 0.25) is 5.95 Å². The topological polar surface area (TPSA) is 41.1 Å². The molecule has 0 radical (unpaired) electrons. The van der Waals surface area contributed by atoms with Crippen molar-refractivity contribution >= 4 is 21.9 Å². The van der Waals surface area contributed by atoms with E-state index in [1.807, 2.05) is 25.1 Å². The maximum Gasteiger partial charge on any atom is 0.226 e. The molecule has 0 saturated carbocycles. The molecule has 104 valence electrons. The van der Waals surface area contributed by atoms with Gasteiger partial charge in [0, 0.05) is 41.9 Å². The Kier molecular flexibility index (Phi) is 3.98. The molecule has 3 rings (SSSR count). The van der Waals surface area contributed by atoms with Crippen LogP contribution in [0.1, 0.15) is 5.69 Å². The third-order valence-electron chi connectivity index (χ3n) is 3.38. The second-order valence-electron chi connectivity index (χ2n) is 4.94. The Morgan fingerprint density at radius 1 is 1.10 bits per heavy atom. The summed E-state index contributed by atoms with van der Waals surface area (Å²) in [4.78, 5) is 11.5. The lowest BCUT2D eigenvalue weighted by atomic mass is 10.1. The van der Waals surface area contributed by atoms with Crippen molar-refractivity contribution < 1.29 is 0 Å². The number of rotatable bonds is 2. The molecule has 0 atom stereocenters. The van der Waals surface area contributed by atoms with Gasteiger partial charge in [-0.05, 0) is 25.1 Å². The van der Waals surface area contributed by atoms with Crippen LogP contribution in [0.5, 0.6) is 0 Å². The molecule has 4 nitrogen and oxygen atoms in total. The zero-order chi connectivity index (χ0) is 13.9. The van der Waals surface area contributed by atoms with Crippen molar-refractivity contribution in [1.29, 1.82) is 0 Å². The van der Waals surface area contributed by atoms with Crippen molar-refractivity contribution in [3.63, 3.8) is 0 Å². The normalized spacial score (nSPS) is 15.4. The Hall–Kier alpha value is -1.46. The molecule has 20 heavy (non-hydrogen) atoms. The van der Waals surface area contributed by atoms with Gasteiger partial charge in [-0.25, -0.2) is 9.97 Å². The van der Waals surface area contributed by atoms with Crippen LogP contribution in [-0.4, -0.2) is 36.1 Å². The lowest BCUT2D eigenvalue weighted by molar-refractivity contribution is 0.579. The average molecular weight is 333 g/mol. The highest BCUT2D eigenvalue weighted by atomic mass is 79.9. The van der Waals surface area contributed by atoms with E-state index in [4.69, 9.17) is 4.98 Å². The van der Waals surface area contributed by atoms with E-state index >= 15 is 0 Å². The molecule has 1 saturated heterocycles. The minimum atomic E-state index is 0.837. The van der Waals surface area contributed by atoms with Gasteiger partial charge >= 0.3 is 0 Å². The number of nitrogens with one attached hydrogen (secondary N) is 1. The second kappa shape index (κ2) is 5.89. The van der Waals surface area contributed by atoms with E-state index in [0.717, 1.165) is 53.6 Å². The standard InChI is InChI=1S/C15H17BrN4/c1-11-10-14(12-2-4-13(16)5-3-12)19-15(18-11)20-8-6-17-7-9-20/h2-5,10,17H,6-9H2,1H3. The Balaban J connectivity index is 1.95. The van der Waals surface area contributed by atoms with Gasteiger partial charge in [0.15, 0.2) is 0 Å². The third-order valence-corrected chi connectivity index (χ3v) is 3.91. The number of hydrogen-bond donors (Lipinski definition) is 1. The molecular formula is C15H17BrN4. The predicted molar refractivity (Wildman–Crippen MR) is 85.0 cm³/mol. The number of halogens is 1. The van der Waals surface area contributed by atoms with Gasteiger partial charge in [-0.2, -0.15) is 0 Å². The predicted octanol–water partition coefficient (Wildman–Crippen LogP) is 2.62. The van der Waals surface area contributed by atoms with E-state index in [1.165, 1.54) is 0 Å². The van der Waals surface area contributed by atoms with Crippen molar-refractivity contribution in [3.05, 3.63) is 40.5 Å². The van der Waals surface area contributed by atoms with Gasteiger partial charge in [-0.1, -0.05) is 28.1 Å². The minimum Gasteiger partial charge on any atom is -0.338 e. The van der Waals surface area contributed by atoms with Gasteiger partial charge in [-0.3, -0.25) is 0 Å². The summed E-state index contributed by atoms with van der Waals surface area (Å²) < 4.78 is 1.08. The van der Waals surface area contributed by atoms with Crippen LogP contribution < -0.4 is 10.2 Å². The van der Waals surface area contributed by atoms with Crippen molar-refractivity contribution in [2.24, 2.45) is 0 Å². The Morgan fingerprint density at radius 3 is 2.50 bits per heavy atom. The zero-order valence-corrected chi connectivity index (χ0v) is 13.0. The molecule has 0 amide bonds.